The first-order valence-electron chi connectivity index (χ1n) is 7.61. The summed E-state index contributed by atoms with van der Waals surface area (Å²) < 4.78 is 10.4. The molecule has 2 heterocycles. The standard InChI is InChI=1S/C19H13NO5/c21-13-5-6-14-12(8-18(22)25-17(14)9-13)10-24-19(23)16-7-11-3-1-2-4-15(11)20-16/h1-9,20-21H,10H2. The van der Waals surface area contributed by atoms with Crippen LogP contribution in [0.25, 0.3) is 21.9 Å². The molecule has 4 rings (SSSR count). The van der Waals surface area contributed by atoms with Crippen LogP contribution in [0.15, 0.2) is 63.8 Å². The number of para-hydroxylation sites is 1. The zero-order chi connectivity index (χ0) is 17.4. The highest BCUT2D eigenvalue weighted by molar-refractivity contribution is 5.94. The van der Waals surface area contributed by atoms with Gasteiger partial charge in [-0.05, 0) is 24.3 Å². The number of rotatable bonds is 3. The predicted octanol–water partition coefficient (Wildman–Crippen LogP) is 3.34. The Morgan fingerprint density at radius 1 is 1.12 bits per heavy atom. The Bertz CT molecular complexity index is 1120. The van der Waals surface area contributed by atoms with Gasteiger partial charge in [0.25, 0.3) is 0 Å². The number of carbonyl (C=O) groups is 1. The Labute approximate surface area is 141 Å². The van der Waals surface area contributed by atoms with Crippen LogP contribution in [0, 0.1) is 0 Å². The fraction of sp³-hybridized carbons (Fsp3) is 0.0526. The monoisotopic (exact) mass is 335 g/mol. The molecular weight excluding hydrogens is 322 g/mol. The average Bonchev–Trinajstić information content (AvgIpc) is 3.03. The van der Waals surface area contributed by atoms with Gasteiger partial charge in [0.1, 0.15) is 23.6 Å². The molecule has 25 heavy (non-hydrogen) atoms. The lowest BCUT2D eigenvalue weighted by Gasteiger charge is -2.06. The van der Waals surface area contributed by atoms with Crippen molar-refractivity contribution < 1.29 is 19.1 Å². The van der Waals surface area contributed by atoms with Crippen molar-refractivity contribution in [3.05, 3.63) is 76.3 Å². The molecule has 0 fully saturated rings. The smallest absolute Gasteiger partial charge is 0.355 e. The van der Waals surface area contributed by atoms with Crippen molar-refractivity contribution in [2.24, 2.45) is 0 Å². The van der Waals surface area contributed by atoms with Gasteiger partial charge in [0.05, 0.1) is 0 Å². The lowest BCUT2D eigenvalue weighted by atomic mass is 10.1. The SMILES string of the molecule is O=C(OCc1cc(=O)oc2cc(O)ccc12)c1cc2ccccc2[nH]1. The highest BCUT2D eigenvalue weighted by Crippen LogP contribution is 2.23. The highest BCUT2D eigenvalue weighted by atomic mass is 16.5. The normalized spacial score (nSPS) is 11.0. The minimum atomic E-state index is -0.574. The Morgan fingerprint density at radius 3 is 2.80 bits per heavy atom. The van der Waals surface area contributed by atoms with E-state index < -0.39 is 11.6 Å². The second-order valence-electron chi connectivity index (χ2n) is 5.62. The first-order valence-corrected chi connectivity index (χ1v) is 7.61. The Morgan fingerprint density at radius 2 is 1.96 bits per heavy atom. The molecule has 6 nitrogen and oxygen atoms in total. The van der Waals surface area contributed by atoms with Gasteiger partial charge in [-0.2, -0.15) is 0 Å². The first-order chi connectivity index (χ1) is 12.1. The van der Waals surface area contributed by atoms with Gasteiger partial charge < -0.3 is 19.2 Å². The van der Waals surface area contributed by atoms with Crippen molar-refractivity contribution in [2.75, 3.05) is 0 Å². The van der Waals surface area contributed by atoms with E-state index in [1.54, 1.807) is 12.1 Å². The summed E-state index contributed by atoms with van der Waals surface area (Å²) in [6.07, 6.45) is 0. The summed E-state index contributed by atoms with van der Waals surface area (Å²) in [6, 6.07) is 14.9. The Kier molecular flexibility index (Phi) is 3.50. The maximum absolute atomic E-state index is 12.3. The Balaban J connectivity index is 1.61. The van der Waals surface area contributed by atoms with E-state index in [0.29, 0.717) is 16.6 Å². The fourth-order valence-corrected chi connectivity index (χ4v) is 2.74. The molecule has 2 N–H and O–H groups in total. The molecule has 0 aliphatic rings. The molecule has 0 saturated carbocycles. The minimum Gasteiger partial charge on any atom is -0.508 e. The zero-order valence-corrected chi connectivity index (χ0v) is 13.0. The van der Waals surface area contributed by atoms with Crippen LogP contribution in [-0.2, 0) is 11.3 Å². The number of benzene rings is 2. The fourth-order valence-electron chi connectivity index (χ4n) is 2.74. The highest BCUT2D eigenvalue weighted by Gasteiger charge is 2.13. The van der Waals surface area contributed by atoms with Gasteiger partial charge in [0.15, 0.2) is 0 Å². The molecule has 2 aromatic carbocycles. The average molecular weight is 335 g/mol. The van der Waals surface area contributed by atoms with Crippen molar-refractivity contribution in [1.82, 2.24) is 4.98 Å². The number of H-pyrrole nitrogens is 1. The topological polar surface area (TPSA) is 92.5 Å². The third-order valence-corrected chi connectivity index (χ3v) is 3.92. The second kappa shape index (κ2) is 5.83. The molecule has 0 bridgehead atoms. The van der Waals surface area contributed by atoms with E-state index in [9.17, 15) is 14.7 Å². The number of phenols is 1. The number of fused-ring (bicyclic) bond motifs is 2. The van der Waals surface area contributed by atoms with E-state index in [-0.39, 0.29) is 17.9 Å². The van der Waals surface area contributed by atoms with Crippen molar-refractivity contribution in [2.45, 2.75) is 6.61 Å². The Hall–Kier alpha value is -3.54. The molecule has 0 unspecified atom stereocenters. The van der Waals surface area contributed by atoms with Crippen LogP contribution in [0.2, 0.25) is 0 Å². The summed E-state index contributed by atoms with van der Waals surface area (Å²) in [5.41, 5.74) is 1.36. The number of nitrogens with one attached hydrogen (secondary N) is 1. The van der Waals surface area contributed by atoms with E-state index >= 15 is 0 Å². The molecular formula is C19H13NO5. The molecule has 0 saturated heterocycles. The van der Waals surface area contributed by atoms with Gasteiger partial charge in [-0.3, -0.25) is 0 Å². The molecule has 0 aliphatic heterocycles. The number of carbonyl (C=O) groups excluding carboxylic acids is 1. The number of aromatic hydroxyl groups is 1. The zero-order valence-electron chi connectivity index (χ0n) is 13.0. The summed E-state index contributed by atoms with van der Waals surface area (Å²) in [4.78, 5) is 26.9. The van der Waals surface area contributed by atoms with Gasteiger partial charge in [-0.15, -0.1) is 0 Å². The number of aromatic nitrogens is 1. The van der Waals surface area contributed by atoms with Gasteiger partial charge in [-0.1, -0.05) is 18.2 Å². The maximum atomic E-state index is 12.3. The molecule has 0 radical (unpaired) electrons. The minimum absolute atomic E-state index is 0.0112. The van der Waals surface area contributed by atoms with E-state index in [2.05, 4.69) is 4.98 Å². The van der Waals surface area contributed by atoms with Crippen LogP contribution in [0.1, 0.15) is 16.1 Å². The van der Waals surface area contributed by atoms with E-state index in [4.69, 9.17) is 9.15 Å². The summed E-state index contributed by atoms with van der Waals surface area (Å²) in [7, 11) is 0. The van der Waals surface area contributed by atoms with Crippen LogP contribution >= 0.6 is 0 Å². The van der Waals surface area contributed by atoms with Crippen LogP contribution in [0.5, 0.6) is 5.75 Å². The number of ether oxygens (including phenoxy) is 1. The number of phenolic OH excluding ortho intramolecular Hbond substituents is 1. The van der Waals surface area contributed by atoms with Crippen LogP contribution in [0.3, 0.4) is 0 Å². The third kappa shape index (κ3) is 2.85. The van der Waals surface area contributed by atoms with Gasteiger partial charge in [0, 0.05) is 34.0 Å². The lowest BCUT2D eigenvalue weighted by molar-refractivity contribution is 0.0468. The maximum Gasteiger partial charge on any atom is 0.355 e. The van der Waals surface area contributed by atoms with Crippen molar-refractivity contribution >= 4 is 27.8 Å². The second-order valence-corrected chi connectivity index (χ2v) is 5.62. The van der Waals surface area contributed by atoms with Crippen molar-refractivity contribution in [3.8, 4) is 5.75 Å². The molecule has 0 atom stereocenters. The molecule has 0 amide bonds. The lowest BCUT2D eigenvalue weighted by Crippen LogP contribution is -2.08. The number of aromatic amines is 1. The third-order valence-electron chi connectivity index (χ3n) is 3.92. The number of esters is 1. The number of hydrogen-bond donors (Lipinski definition) is 2. The van der Waals surface area contributed by atoms with E-state index in [1.165, 1.54) is 18.2 Å². The summed E-state index contributed by atoms with van der Waals surface area (Å²) >= 11 is 0. The molecule has 2 aromatic heterocycles. The number of hydrogen-bond acceptors (Lipinski definition) is 5. The van der Waals surface area contributed by atoms with Crippen molar-refractivity contribution in [3.63, 3.8) is 0 Å². The predicted molar refractivity (Wildman–Crippen MR) is 91.6 cm³/mol. The van der Waals surface area contributed by atoms with Crippen molar-refractivity contribution in [1.29, 1.82) is 0 Å². The van der Waals surface area contributed by atoms with Crippen LogP contribution < -0.4 is 5.63 Å². The van der Waals surface area contributed by atoms with Crippen LogP contribution in [0.4, 0.5) is 0 Å². The quantitative estimate of drug-likeness (QED) is 0.442. The van der Waals surface area contributed by atoms with Crippen LogP contribution in [-0.4, -0.2) is 16.1 Å². The van der Waals surface area contributed by atoms with E-state index in [0.717, 1.165) is 10.9 Å². The largest absolute Gasteiger partial charge is 0.508 e. The van der Waals surface area contributed by atoms with Gasteiger partial charge in [0.2, 0.25) is 0 Å². The summed E-state index contributed by atoms with van der Waals surface area (Å²) in [6.45, 7) is -0.0823. The first kappa shape index (κ1) is 15.0. The molecule has 0 spiro atoms. The van der Waals surface area contributed by atoms with E-state index in [1.807, 2.05) is 24.3 Å². The molecule has 4 aromatic rings. The molecule has 0 aliphatic carbocycles. The molecule has 6 heteroatoms. The summed E-state index contributed by atoms with van der Waals surface area (Å²) in [5.74, 6) is -0.528. The van der Waals surface area contributed by atoms with Gasteiger partial charge >= 0.3 is 11.6 Å². The van der Waals surface area contributed by atoms with Gasteiger partial charge in [-0.25, -0.2) is 9.59 Å². The molecule has 124 valence electrons. The summed E-state index contributed by atoms with van der Waals surface area (Å²) in [5, 5.41) is 11.0.